The van der Waals surface area contributed by atoms with Crippen LogP contribution in [0.4, 0.5) is 14.9 Å². The number of urea groups is 1. The van der Waals surface area contributed by atoms with Crippen molar-refractivity contribution in [2.75, 3.05) is 11.9 Å². The van der Waals surface area contributed by atoms with Gasteiger partial charge in [0.2, 0.25) is 0 Å². The summed E-state index contributed by atoms with van der Waals surface area (Å²) in [5, 5.41) is 6.10. The third-order valence-electron chi connectivity index (χ3n) is 5.54. The number of carbonyl (C=O) groups is 1. The molecule has 0 saturated carbocycles. The number of hydrogen-bond acceptors (Lipinski definition) is 3. The highest BCUT2D eigenvalue weighted by Gasteiger charge is 2.16. The van der Waals surface area contributed by atoms with Gasteiger partial charge in [-0.2, -0.15) is 0 Å². The molecule has 2 amide bonds. The topological polar surface area (TPSA) is 72.4 Å². The molecule has 0 spiro atoms. The Morgan fingerprint density at radius 3 is 2.41 bits per heavy atom. The molecule has 6 nitrogen and oxygen atoms in total. The van der Waals surface area contributed by atoms with Crippen LogP contribution in [0, 0.1) is 26.6 Å². The fourth-order valence-electron chi connectivity index (χ4n) is 3.98. The summed E-state index contributed by atoms with van der Waals surface area (Å²) in [6.45, 7) is 7.66. The van der Waals surface area contributed by atoms with E-state index in [1.807, 2.05) is 29.7 Å². The average molecular weight is 460 g/mol. The number of pyridine rings is 1. The fourth-order valence-corrected chi connectivity index (χ4v) is 3.98. The lowest BCUT2D eigenvalue weighted by Crippen LogP contribution is -2.28. The van der Waals surface area contributed by atoms with Crippen LogP contribution in [0.3, 0.4) is 0 Å². The van der Waals surface area contributed by atoms with Crippen LogP contribution in [-0.4, -0.2) is 17.1 Å². The minimum absolute atomic E-state index is 0.0452. The number of aryl methyl sites for hydroxylation is 3. The molecule has 0 atom stereocenters. The molecule has 0 aliphatic heterocycles. The number of rotatable bonds is 5. The van der Waals surface area contributed by atoms with Gasteiger partial charge in [0.05, 0.1) is 11.2 Å². The highest BCUT2D eigenvalue weighted by molar-refractivity contribution is 5.90. The molecule has 0 bridgehead atoms. The third-order valence-corrected chi connectivity index (χ3v) is 5.54. The van der Waals surface area contributed by atoms with Crippen molar-refractivity contribution in [1.29, 1.82) is 0 Å². The molecule has 0 saturated heterocycles. The minimum Gasteiger partial charge on any atom is -0.455 e. The first-order valence-electron chi connectivity index (χ1n) is 11.0. The predicted molar refractivity (Wildman–Crippen MR) is 133 cm³/mol. The summed E-state index contributed by atoms with van der Waals surface area (Å²) in [5.74, 6) is 0.715. The van der Waals surface area contributed by atoms with E-state index in [4.69, 9.17) is 4.74 Å². The van der Waals surface area contributed by atoms with E-state index < -0.39 is 0 Å². The number of fused-ring (bicyclic) bond motifs is 1. The first-order chi connectivity index (χ1) is 16.3. The van der Waals surface area contributed by atoms with E-state index in [-0.39, 0.29) is 17.3 Å². The highest BCUT2D eigenvalue weighted by Crippen LogP contribution is 2.35. The van der Waals surface area contributed by atoms with Gasteiger partial charge in [-0.25, -0.2) is 9.18 Å². The molecule has 3 aromatic carbocycles. The van der Waals surface area contributed by atoms with Crippen molar-refractivity contribution in [2.24, 2.45) is 0 Å². The van der Waals surface area contributed by atoms with E-state index in [0.29, 0.717) is 57.0 Å². The number of aromatic nitrogens is 1. The lowest BCUT2D eigenvalue weighted by atomic mass is 10.1. The minimum atomic E-state index is -0.328. The molecule has 7 heteroatoms. The Hall–Kier alpha value is -4.13. The van der Waals surface area contributed by atoms with Crippen molar-refractivity contribution in [1.82, 2.24) is 9.88 Å². The van der Waals surface area contributed by atoms with Crippen LogP contribution in [0.5, 0.6) is 11.5 Å². The van der Waals surface area contributed by atoms with Gasteiger partial charge in [-0.05, 0) is 81.3 Å². The molecule has 0 unspecified atom stereocenters. The van der Waals surface area contributed by atoms with Gasteiger partial charge in [-0.1, -0.05) is 12.1 Å². The van der Waals surface area contributed by atoms with Crippen LogP contribution in [0.1, 0.15) is 23.6 Å². The maximum atomic E-state index is 13.8. The number of ether oxygens (including phenoxy) is 1. The molecular formula is C27H26FN3O3. The molecule has 0 aliphatic carbocycles. The number of nitrogens with zero attached hydrogens (tertiary/aromatic N) is 1. The molecule has 1 aromatic heterocycles. The van der Waals surface area contributed by atoms with E-state index >= 15 is 0 Å². The zero-order valence-electron chi connectivity index (χ0n) is 19.5. The first kappa shape index (κ1) is 23.0. The SMILES string of the molecule is CCNC(=O)Nc1ccc(Oc2c(C)cc(F)cc2C)c(-n2cc(C)c(=O)c3ccccc32)c1. The Balaban J connectivity index is 1.93. The maximum Gasteiger partial charge on any atom is 0.319 e. The lowest BCUT2D eigenvalue weighted by Gasteiger charge is -2.20. The standard InChI is InChI=1S/C27H26FN3O3/c1-5-29-27(33)30-20-10-11-24(34-26-16(2)12-19(28)13-17(26)3)23(14-20)31-15-18(4)25(32)21-8-6-7-9-22(21)31/h6-15H,5H2,1-4H3,(H2,29,30,33). The Morgan fingerprint density at radius 2 is 1.71 bits per heavy atom. The second-order valence-electron chi connectivity index (χ2n) is 8.17. The summed E-state index contributed by atoms with van der Waals surface area (Å²) in [6.07, 6.45) is 1.76. The average Bonchev–Trinajstić information content (AvgIpc) is 2.79. The molecule has 4 rings (SSSR count). The fraction of sp³-hybridized carbons (Fsp3) is 0.185. The maximum absolute atomic E-state index is 13.8. The van der Waals surface area contributed by atoms with Crippen molar-refractivity contribution in [3.8, 4) is 17.2 Å². The van der Waals surface area contributed by atoms with Gasteiger partial charge >= 0.3 is 6.03 Å². The monoisotopic (exact) mass is 459 g/mol. The van der Waals surface area contributed by atoms with Crippen molar-refractivity contribution in [3.05, 3.63) is 93.5 Å². The summed E-state index contributed by atoms with van der Waals surface area (Å²) in [7, 11) is 0. The highest BCUT2D eigenvalue weighted by atomic mass is 19.1. The molecule has 4 aromatic rings. The van der Waals surface area contributed by atoms with Crippen molar-refractivity contribution in [2.45, 2.75) is 27.7 Å². The lowest BCUT2D eigenvalue weighted by molar-refractivity contribution is 0.252. The normalized spacial score (nSPS) is 10.9. The molecule has 1 heterocycles. The van der Waals surface area contributed by atoms with Crippen LogP contribution >= 0.6 is 0 Å². The van der Waals surface area contributed by atoms with Gasteiger partial charge in [-0.3, -0.25) is 4.79 Å². The van der Waals surface area contributed by atoms with Crippen LogP contribution in [0.2, 0.25) is 0 Å². The molecule has 0 fully saturated rings. The molecule has 2 N–H and O–H groups in total. The van der Waals surface area contributed by atoms with E-state index in [0.717, 1.165) is 0 Å². The Morgan fingerprint density at radius 1 is 1.00 bits per heavy atom. The number of benzene rings is 3. The van der Waals surface area contributed by atoms with Crippen molar-refractivity contribution in [3.63, 3.8) is 0 Å². The van der Waals surface area contributed by atoms with Crippen LogP contribution in [0.25, 0.3) is 16.6 Å². The molecule has 174 valence electrons. The van der Waals surface area contributed by atoms with E-state index in [1.165, 1.54) is 12.1 Å². The second-order valence-corrected chi connectivity index (χ2v) is 8.17. The predicted octanol–water partition coefficient (Wildman–Crippen LogP) is 5.99. The quantitative estimate of drug-likeness (QED) is 0.385. The summed E-state index contributed by atoms with van der Waals surface area (Å²) in [4.78, 5) is 24.9. The molecular weight excluding hydrogens is 433 g/mol. The number of hydrogen-bond donors (Lipinski definition) is 2. The van der Waals surface area contributed by atoms with Gasteiger partial charge in [-0.15, -0.1) is 0 Å². The number of nitrogens with one attached hydrogen (secondary N) is 2. The first-order valence-corrected chi connectivity index (χ1v) is 11.0. The Labute approximate surface area is 197 Å². The number of halogens is 1. The zero-order chi connectivity index (χ0) is 24.4. The molecule has 0 radical (unpaired) electrons. The number of amides is 2. The van der Waals surface area contributed by atoms with E-state index in [1.54, 1.807) is 51.2 Å². The zero-order valence-corrected chi connectivity index (χ0v) is 19.5. The third kappa shape index (κ3) is 4.50. The summed E-state index contributed by atoms with van der Waals surface area (Å²) in [5.41, 5.74) is 3.73. The van der Waals surface area contributed by atoms with Crippen molar-refractivity contribution < 1.29 is 13.9 Å². The number of anilines is 1. The van der Waals surface area contributed by atoms with Gasteiger partial charge < -0.3 is 19.9 Å². The smallest absolute Gasteiger partial charge is 0.319 e. The van der Waals surface area contributed by atoms with Gasteiger partial charge in [0.25, 0.3) is 0 Å². The Bertz CT molecular complexity index is 1440. The summed E-state index contributed by atoms with van der Waals surface area (Å²) in [6, 6.07) is 15.1. The van der Waals surface area contributed by atoms with Gasteiger partial charge in [0.1, 0.15) is 11.6 Å². The number of para-hydroxylation sites is 1. The second kappa shape index (κ2) is 9.39. The van der Waals surface area contributed by atoms with Crippen LogP contribution in [-0.2, 0) is 0 Å². The summed E-state index contributed by atoms with van der Waals surface area (Å²) < 4.78 is 22.0. The number of carbonyl (C=O) groups excluding carboxylic acids is 1. The van der Waals surface area contributed by atoms with E-state index in [9.17, 15) is 14.0 Å². The van der Waals surface area contributed by atoms with Gasteiger partial charge in [0, 0.05) is 29.4 Å². The van der Waals surface area contributed by atoms with Crippen LogP contribution in [0.15, 0.2) is 65.6 Å². The van der Waals surface area contributed by atoms with Crippen molar-refractivity contribution >= 4 is 22.6 Å². The molecule has 34 heavy (non-hydrogen) atoms. The summed E-state index contributed by atoms with van der Waals surface area (Å²) >= 11 is 0. The largest absolute Gasteiger partial charge is 0.455 e. The van der Waals surface area contributed by atoms with Gasteiger partial charge in [0.15, 0.2) is 11.2 Å². The van der Waals surface area contributed by atoms with Crippen LogP contribution < -0.4 is 20.8 Å². The Kier molecular flexibility index (Phi) is 6.36. The molecule has 0 aliphatic rings. The van der Waals surface area contributed by atoms with E-state index in [2.05, 4.69) is 10.6 Å².